The highest BCUT2D eigenvalue weighted by Crippen LogP contribution is 2.07. The number of anilines is 1. The molecule has 0 bridgehead atoms. The van der Waals surface area contributed by atoms with Gasteiger partial charge in [-0.2, -0.15) is 5.10 Å². The maximum absolute atomic E-state index is 11.7. The third-order valence-corrected chi connectivity index (χ3v) is 2.62. The highest BCUT2D eigenvalue weighted by Gasteiger charge is 2.17. The molecule has 0 aliphatic carbocycles. The zero-order valence-electron chi connectivity index (χ0n) is 10.5. The number of aromatic nitrogens is 2. The van der Waals surface area contributed by atoms with Gasteiger partial charge in [0.25, 0.3) is 0 Å². The second-order valence-electron chi connectivity index (χ2n) is 4.09. The van der Waals surface area contributed by atoms with E-state index in [1.807, 2.05) is 0 Å². The summed E-state index contributed by atoms with van der Waals surface area (Å²) in [6.45, 7) is 4.85. The fourth-order valence-corrected chi connectivity index (χ4v) is 1.22. The highest BCUT2D eigenvalue weighted by atomic mass is 16.5. The number of hydrogen-bond acceptors (Lipinski definition) is 4. The van der Waals surface area contributed by atoms with Crippen LogP contribution in [0.15, 0.2) is 12.3 Å². The lowest BCUT2D eigenvalue weighted by Crippen LogP contribution is -2.34. The van der Waals surface area contributed by atoms with E-state index in [0.717, 1.165) is 0 Å². The Morgan fingerprint density at radius 1 is 1.65 bits per heavy atom. The van der Waals surface area contributed by atoms with Gasteiger partial charge in [0.15, 0.2) is 5.82 Å². The number of ether oxygens (including phenoxy) is 1. The number of rotatable bonds is 6. The van der Waals surface area contributed by atoms with E-state index in [4.69, 9.17) is 10.5 Å². The van der Waals surface area contributed by atoms with Crippen molar-refractivity contribution >= 4 is 11.7 Å². The summed E-state index contributed by atoms with van der Waals surface area (Å²) in [6, 6.07) is 1.58. The molecule has 96 valence electrons. The summed E-state index contributed by atoms with van der Waals surface area (Å²) in [4.78, 5) is 11.7. The number of carbonyl (C=O) groups excluding carboxylic acids is 1. The SMILES string of the molecule is COCCn1ccc(NC(=O)C(C)C(C)N)n1. The average molecular weight is 240 g/mol. The summed E-state index contributed by atoms with van der Waals surface area (Å²) >= 11 is 0. The molecule has 1 aromatic heterocycles. The van der Waals surface area contributed by atoms with Crippen molar-refractivity contribution in [2.45, 2.75) is 26.4 Å². The van der Waals surface area contributed by atoms with Crippen LogP contribution in [0.4, 0.5) is 5.82 Å². The Morgan fingerprint density at radius 3 is 2.94 bits per heavy atom. The molecule has 0 aliphatic rings. The summed E-state index contributed by atoms with van der Waals surface area (Å²) < 4.78 is 6.66. The smallest absolute Gasteiger partial charge is 0.229 e. The first-order chi connectivity index (χ1) is 8.04. The van der Waals surface area contributed by atoms with Gasteiger partial charge in [0.1, 0.15) is 0 Å². The molecule has 17 heavy (non-hydrogen) atoms. The minimum Gasteiger partial charge on any atom is -0.383 e. The van der Waals surface area contributed by atoms with Crippen LogP contribution in [0.25, 0.3) is 0 Å². The fraction of sp³-hybridized carbons (Fsp3) is 0.636. The van der Waals surface area contributed by atoms with E-state index >= 15 is 0 Å². The van der Waals surface area contributed by atoms with Crippen LogP contribution >= 0.6 is 0 Å². The van der Waals surface area contributed by atoms with Gasteiger partial charge in [-0.25, -0.2) is 0 Å². The molecule has 1 heterocycles. The number of amides is 1. The van der Waals surface area contributed by atoms with Gasteiger partial charge in [-0.05, 0) is 6.92 Å². The van der Waals surface area contributed by atoms with Crippen molar-refractivity contribution in [3.05, 3.63) is 12.3 Å². The number of nitrogens with zero attached hydrogens (tertiary/aromatic N) is 2. The van der Waals surface area contributed by atoms with Crippen LogP contribution in [-0.2, 0) is 16.1 Å². The van der Waals surface area contributed by atoms with Crippen molar-refractivity contribution in [2.75, 3.05) is 19.0 Å². The molecule has 0 aromatic carbocycles. The molecule has 0 spiro atoms. The molecule has 0 fully saturated rings. The lowest BCUT2D eigenvalue weighted by Gasteiger charge is -2.13. The topological polar surface area (TPSA) is 82.2 Å². The van der Waals surface area contributed by atoms with Crippen LogP contribution in [0, 0.1) is 5.92 Å². The van der Waals surface area contributed by atoms with Gasteiger partial charge in [-0.15, -0.1) is 0 Å². The highest BCUT2D eigenvalue weighted by molar-refractivity contribution is 5.91. The minimum atomic E-state index is -0.237. The fourth-order valence-electron chi connectivity index (χ4n) is 1.22. The van der Waals surface area contributed by atoms with Crippen molar-refractivity contribution in [3.8, 4) is 0 Å². The Bertz CT molecular complexity index is 362. The number of methoxy groups -OCH3 is 1. The molecule has 6 nitrogen and oxygen atoms in total. The van der Waals surface area contributed by atoms with Gasteiger partial charge in [0, 0.05) is 25.4 Å². The van der Waals surface area contributed by atoms with Crippen LogP contribution in [0.1, 0.15) is 13.8 Å². The summed E-state index contributed by atoms with van der Waals surface area (Å²) in [5.41, 5.74) is 5.66. The molecular weight excluding hydrogens is 220 g/mol. The Labute approximate surface area is 101 Å². The van der Waals surface area contributed by atoms with Crippen molar-refractivity contribution in [1.29, 1.82) is 0 Å². The van der Waals surface area contributed by atoms with E-state index in [1.165, 1.54) is 0 Å². The van der Waals surface area contributed by atoms with E-state index < -0.39 is 0 Å². The molecule has 0 radical (unpaired) electrons. The molecule has 0 saturated heterocycles. The quantitative estimate of drug-likeness (QED) is 0.756. The van der Waals surface area contributed by atoms with E-state index in [-0.39, 0.29) is 17.9 Å². The van der Waals surface area contributed by atoms with Crippen LogP contribution in [0.3, 0.4) is 0 Å². The summed E-state index contributed by atoms with van der Waals surface area (Å²) in [6.07, 6.45) is 1.80. The maximum Gasteiger partial charge on any atom is 0.229 e. The van der Waals surface area contributed by atoms with E-state index in [9.17, 15) is 4.79 Å². The second-order valence-corrected chi connectivity index (χ2v) is 4.09. The molecule has 3 N–H and O–H groups in total. The third kappa shape index (κ3) is 4.16. The molecule has 1 amide bonds. The number of nitrogens with one attached hydrogen (secondary N) is 1. The Morgan fingerprint density at radius 2 is 2.35 bits per heavy atom. The normalized spacial score (nSPS) is 14.4. The maximum atomic E-state index is 11.7. The van der Waals surface area contributed by atoms with Crippen molar-refractivity contribution < 1.29 is 9.53 Å². The first-order valence-electron chi connectivity index (χ1n) is 5.63. The minimum absolute atomic E-state index is 0.114. The predicted molar refractivity (Wildman–Crippen MR) is 65.5 cm³/mol. The van der Waals surface area contributed by atoms with Crippen molar-refractivity contribution in [1.82, 2.24) is 9.78 Å². The van der Waals surface area contributed by atoms with Crippen molar-refractivity contribution in [2.24, 2.45) is 11.7 Å². The van der Waals surface area contributed by atoms with Gasteiger partial charge < -0.3 is 15.8 Å². The Balaban J connectivity index is 2.51. The first kappa shape index (κ1) is 13.7. The van der Waals surface area contributed by atoms with Crippen LogP contribution in [0.5, 0.6) is 0 Å². The summed E-state index contributed by atoms with van der Waals surface area (Å²) in [7, 11) is 1.64. The standard InChI is InChI=1S/C11H20N4O2/c1-8(9(2)12)11(16)13-10-4-5-15(14-10)6-7-17-3/h4-5,8-9H,6-7,12H2,1-3H3,(H,13,14,16). The van der Waals surface area contributed by atoms with Gasteiger partial charge in [0.2, 0.25) is 5.91 Å². The predicted octanol–water partition coefficient (Wildman–Crippen LogP) is 0.451. The first-order valence-corrected chi connectivity index (χ1v) is 5.63. The molecule has 2 unspecified atom stereocenters. The Kier molecular flexibility index (Phi) is 5.11. The zero-order valence-corrected chi connectivity index (χ0v) is 10.5. The number of nitrogens with two attached hydrogens (primary N) is 1. The molecule has 1 rings (SSSR count). The summed E-state index contributed by atoms with van der Waals surface area (Å²) in [5, 5.41) is 6.92. The molecule has 6 heteroatoms. The molecule has 0 saturated carbocycles. The Hall–Kier alpha value is -1.40. The molecule has 2 atom stereocenters. The van der Waals surface area contributed by atoms with E-state index in [0.29, 0.717) is 19.0 Å². The zero-order chi connectivity index (χ0) is 12.8. The van der Waals surface area contributed by atoms with Gasteiger partial charge >= 0.3 is 0 Å². The third-order valence-electron chi connectivity index (χ3n) is 2.62. The largest absolute Gasteiger partial charge is 0.383 e. The van der Waals surface area contributed by atoms with Gasteiger partial charge in [-0.1, -0.05) is 6.92 Å². The molecule has 0 aliphatic heterocycles. The lowest BCUT2D eigenvalue weighted by atomic mass is 10.0. The van der Waals surface area contributed by atoms with Crippen LogP contribution in [-0.4, -0.2) is 35.4 Å². The number of carbonyl (C=O) groups is 1. The summed E-state index contributed by atoms with van der Waals surface area (Å²) in [5.74, 6) is 0.190. The van der Waals surface area contributed by atoms with Gasteiger partial charge in [0.05, 0.1) is 19.1 Å². The van der Waals surface area contributed by atoms with Crippen LogP contribution < -0.4 is 11.1 Å². The second kappa shape index (κ2) is 6.36. The van der Waals surface area contributed by atoms with E-state index in [2.05, 4.69) is 10.4 Å². The molecular formula is C11H20N4O2. The molecule has 1 aromatic rings. The van der Waals surface area contributed by atoms with Gasteiger partial charge in [-0.3, -0.25) is 9.48 Å². The van der Waals surface area contributed by atoms with E-state index in [1.54, 1.807) is 37.9 Å². The monoisotopic (exact) mass is 240 g/mol. The number of hydrogen-bond donors (Lipinski definition) is 2. The van der Waals surface area contributed by atoms with Crippen molar-refractivity contribution in [3.63, 3.8) is 0 Å². The van der Waals surface area contributed by atoms with Crippen LogP contribution in [0.2, 0.25) is 0 Å². The average Bonchev–Trinajstić information content (AvgIpc) is 2.72. The lowest BCUT2D eigenvalue weighted by molar-refractivity contribution is -0.119.